The third-order valence-electron chi connectivity index (χ3n) is 5.94. The molecule has 4 rings (SSSR count). The molecule has 1 aliphatic heterocycles. The summed E-state index contributed by atoms with van der Waals surface area (Å²) < 4.78 is 34.1. The predicted molar refractivity (Wildman–Crippen MR) is 133 cm³/mol. The Morgan fingerprint density at radius 3 is 2.08 bits per heavy atom. The van der Waals surface area contributed by atoms with Crippen LogP contribution < -0.4 is 19.5 Å². The molecule has 0 bridgehead atoms. The fourth-order valence-corrected chi connectivity index (χ4v) is 4.62. The number of anilines is 1. The van der Waals surface area contributed by atoms with E-state index in [9.17, 15) is 23.1 Å². The maximum absolute atomic E-state index is 13.3. The van der Waals surface area contributed by atoms with Crippen molar-refractivity contribution < 1.29 is 32.6 Å². The highest BCUT2D eigenvalue weighted by atomic mass is 32.2. The molecule has 186 valence electrons. The maximum Gasteiger partial charge on any atom is 0.300 e. The number of aliphatic hydroxyl groups excluding tert-OH is 1. The molecule has 0 spiro atoms. The summed E-state index contributed by atoms with van der Waals surface area (Å²) >= 11 is 0. The van der Waals surface area contributed by atoms with Crippen molar-refractivity contribution in [3.63, 3.8) is 0 Å². The van der Waals surface area contributed by atoms with Gasteiger partial charge in [0.05, 0.1) is 30.7 Å². The number of amides is 1. The number of nitrogens with two attached hydrogens (primary N) is 1. The van der Waals surface area contributed by atoms with Gasteiger partial charge in [-0.05, 0) is 48.9 Å². The summed E-state index contributed by atoms with van der Waals surface area (Å²) in [5.41, 5.74) is 1.92. The highest BCUT2D eigenvalue weighted by Gasteiger charge is 2.47. The van der Waals surface area contributed by atoms with E-state index in [1.807, 2.05) is 6.92 Å². The monoisotopic (exact) mass is 508 g/mol. The van der Waals surface area contributed by atoms with Crippen molar-refractivity contribution in [1.29, 1.82) is 0 Å². The number of sulfonamides is 1. The Bertz CT molecular complexity index is 1480. The van der Waals surface area contributed by atoms with E-state index in [2.05, 4.69) is 0 Å². The van der Waals surface area contributed by atoms with Crippen LogP contribution in [-0.2, 0) is 19.6 Å². The molecule has 10 heteroatoms. The summed E-state index contributed by atoms with van der Waals surface area (Å²) in [7, 11) is -1.03. The number of benzene rings is 3. The first kappa shape index (κ1) is 25.0. The molecular weight excluding hydrogens is 484 g/mol. The highest BCUT2D eigenvalue weighted by Crippen LogP contribution is 2.44. The number of ketones is 1. The van der Waals surface area contributed by atoms with Gasteiger partial charge in [0.15, 0.2) is 11.5 Å². The SMILES string of the molecule is COc1ccc(C2/C(=C(/O)c3ccc(C)cc3)C(=O)C(=O)N2c2ccc(S(N)(=O)=O)cc2)cc1OC. The average molecular weight is 509 g/mol. The number of aliphatic hydroxyl groups is 1. The van der Waals surface area contributed by atoms with Crippen LogP contribution in [0.1, 0.15) is 22.7 Å². The van der Waals surface area contributed by atoms with Gasteiger partial charge in [-0.15, -0.1) is 0 Å². The van der Waals surface area contributed by atoms with E-state index in [-0.39, 0.29) is 21.9 Å². The number of hydrogen-bond donors (Lipinski definition) is 2. The van der Waals surface area contributed by atoms with Crippen molar-refractivity contribution in [2.45, 2.75) is 17.9 Å². The number of carbonyl (C=O) groups is 2. The quantitative estimate of drug-likeness (QED) is 0.296. The molecule has 3 N–H and O–H groups in total. The van der Waals surface area contributed by atoms with E-state index in [1.54, 1.807) is 42.5 Å². The number of primary sulfonamides is 1. The number of methoxy groups -OCH3 is 2. The van der Waals surface area contributed by atoms with Crippen LogP contribution in [0.4, 0.5) is 5.69 Å². The summed E-state index contributed by atoms with van der Waals surface area (Å²) in [5, 5.41) is 16.4. The van der Waals surface area contributed by atoms with Gasteiger partial charge in [0.25, 0.3) is 11.7 Å². The molecule has 1 amide bonds. The molecule has 1 unspecified atom stereocenters. The second-order valence-electron chi connectivity index (χ2n) is 8.19. The number of aryl methyl sites for hydroxylation is 1. The first-order valence-electron chi connectivity index (χ1n) is 10.8. The average Bonchev–Trinajstić information content (AvgIpc) is 3.13. The van der Waals surface area contributed by atoms with Gasteiger partial charge >= 0.3 is 0 Å². The van der Waals surface area contributed by atoms with Crippen molar-refractivity contribution in [3.05, 3.63) is 89.0 Å². The first-order valence-corrected chi connectivity index (χ1v) is 12.3. The van der Waals surface area contributed by atoms with Gasteiger partial charge in [-0.1, -0.05) is 35.9 Å². The van der Waals surface area contributed by atoms with Gasteiger partial charge in [-0.3, -0.25) is 14.5 Å². The maximum atomic E-state index is 13.3. The van der Waals surface area contributed by atoms with Crippen LogP contribution in [-0.4, -0.2) is 39.4 Å². The molecule has 9 nitrogen and oxygen atoms in total. The standard InChI is InChI=1S/C26H24N2O7S/c1-15-4-6-16(7-5-15)24(29)22-23(17-8-13-20(34-2)21(14-17)35-3)28(26(31)25(22)30)18-9-11-19(12-10-18)36(27,32)33/h4-14,23,29H,1-3H3,(H2,27,32,33)/b24-22-. The largest absolute Gasteiger partial charge is 0.507 e. The van der Waals surface area contributed by atoms with Crippen LogP contribution in [0.25, 0.3) is 5.76 Å². The third-order valence-corrected chi connectivity index (χ3v) is 6.87. The molecule has 0 saturated carbocycles. The van der Waals surface area contributed by atoms with Crippen LogP contribution in [0.2, 0.25) is 0 Å². The lowest BCUT2D eigenvalue weighted by Crippen LogP contribution is -2.29. The Labute approximate surface area is 208 Å². The van der Waals surface area contributed by atoms with Crippen LogP contribution in [0.5, 0.6) is 11.5 Å². The fourth-order valence-electron chi connectivity index (χ4n) is 4.10. The molecule has 3 aromatic rings. The molecule has 1 aliphatic rings. The number of nitrogens with zero attached hydrogens (tertiary/aromatic N) is 1. The molecule has 1 fully saturated rings. The molecule has 36 heavy (non-hydrogen) atoms. The number of rotatable bonds is 6. The van der Waals surface area contributed by atoms with Crippen LogP contribution in [0.15, 0.2) is 77.2 Å². The second kappa shape index (κ2) is 9.48. The molecule has 1 atom stereocenters. The predicted octanol–water partition coefficient (Wildman–Crippen LogP) is 3.29. The molecule has 1 saturated heterocycles. The summed E-state index contributed by atoms with van der Waals surface area (Å²) in [4.78, 5) is 27.6. The van der Waals surface area contributed by atoms with Crippen molar-refractivity contribution in [3.8, 4) is 11.5 Å². The first-order chi connectivity index (χ1) is 17.1. The van der Waals surface area contributed by atoms with E-state index in [1.165, 1.54) is 43.4 Å². The Morgan fingerprint density at radius 2 is 1.53 bits per heavy atom. The van der Waals surface area contributed by atoms with Gasteiger partial charge in [-0.25, -0.2) is 13.6 Å². The summed E-state index contributed by atoms with van der Waals surface area (Å²) in [6, 6.07) is 16.0. The van der Waals surface area contributed by atoms with Gasteiger partial charge in [0.2, 0.25) is 10.0 Å². The Morgan fingerprint density at radius 1 is 0.917 bits per heavy atom. The Hall–Kier alpha value is -4.15. The number of Topliss-reactive ketones (excluding diaryl/α,β-unsaturated/α-hetero) is 1. The third kappa shape index (κ3) is 4.43. The van der Waals surface area contributed by atoms with Crippen molar-refractivity contribution in [2.24, 2.45) is 5.14 Å². The minimum atomic E-state index is -3.96. The van der Waals surface area contributed by atoms with Gasteiger partial charge in [0.1, 0.15) is 5.76 Å². The molecular formula is C26H24N2O7S. The molecule has 3 aromatic carbocycles. The zero-order chi connectivity index (χ0) is 26.2. The Kier molecular flexibility index (Phi) is 6.57. The number of hydrogen-bond acceptors (Lipinski definition) is 7. The lowest BCUT2D eigenvalue weighted by Gasteiger charge is -2.26. The zero-order valence-electron chi connectivity index (χ0n) is 19.8. The normalized spacial score (nSPS) is 17.3. The van der Waals surface area contributed by atoms with Crippen LogP contribution >= 0.6 is 0 Å². The van der Waals surface area contributed by atoms with E-state index in [0.29, 0.717) is 22.6 Å². The molecule has 0 aromatic heterocycles. The van der Waals surface area contributed by atoms with Gasteiger partial charge in [0, 0.05) is 11.3 Å². The molecule has 1 heterocycles. The minimum Gasteiger partial charge on any atom is -0.507 e. The molecule has 0 aliphatic carbocycles. The topological polar surface area (TPSA) is 136 Å². The lowest BCUT2D eigenvalue weighted by atomic mass is 9.94. The summed E-state index contributed by atoms with van der Waals surface area (Å²) in [5.74, 6) is -1.30. The van der Waals surface area contributed by atoms with Crippen molar-refractivity contribution in [1.82, 2.24) is 0 Å². The van der Waals surface area contributed by atoms with Crippen molar-refractivity contribution in [2.75, 3.05) is 19.1 Å². The van der Waals surface area contributed by atoms with Crippen LogP contribution in [0.3, 0.4) is 0 Å². The molecule has 0 radical (unpaired) electrons. The second-order valence-corrected chi connectivity index (χ2v) is 9.75. The smallest absolute Gasteiger partial charge is 0.300 e. The van der Waals surface area contributed by atoms with E-state index in [4.69, 9.17) is 14.6 Å². The van der Waals surface area contributed by atoms with E-state index < -0.39 is 27.8 Å². The highest BCUT2D eigenvalue weighted by molar-refractivity contribution is 7.89. The lowest BCUT2D eigenvalue weighted by molar-refractivity contribution is -0.132. The van der Waals surface area contributed by atoms with E-state index in [0.717, 1.165) is 5.56 Å². The van der Waals surface area contributed by atoms with Crippen molar-refractivity contribution >= 4 is 33.2 Å². The fraction of sp³-hybridized carbons (Fsp3) is 0.154. The number of ether oxygens (including phenoxy) is 2. The number of carbonyl (C=O) groups excluding carboxylic acids is 2. The van der Waals surface area contributed by atoms with Crippen LogP contribution in [0, 0.1) is 6.92 Å². The Balaban J connectivity index is 1.95. The zero-order valence-corrected chi connectivity index (χ0v) is 20.6. The summed E-state index contributed by atoms with van der Waals surface area (Å²) in [6.07, 6.45) is 0. The van der Waals surface area contributed by atoms with Gasteiger partial charge in [-0.2, -0.15) is 0 Å². The van der Waals surface area contributed by atoms with Gasteiger partial charge < -0.3 is 14.6 Å². The summed E-state index contributed by atoms with van der Waals surface area (Å²) in [6.45, 7) is 1.89. The van der Waals surface area contributed by atoms with E-state index >= 15 is 0 Å². The minimum absolute atomic E-state index is 0.119.